The zero-order chi connectivity index (χ0) is 19.2. The molecule has 1 aliphatic rings. The summed E-state index contributed by atoms with van der Waals surface area (Å²) in [6, 6.07) is 18.7. The Kier molecular flexibility index (Phi) is 6.01. The number of benzene rings is 2. The van der Waals surface area contributed by atoms with Crippen LogP contribution in [0.1, 0.15) is 18.1 Å². The van der Waals surface area contributed by atoms with Gasteiger partial charge in [-0.1, -0.05) is 67.6 Å². The third kappa shape index (κ3) is 4.42. The summed E-state index contributed by atoms with van der Waals surface area (Å²) in [5, 5.41) is 0. The molecule has 0 bridgehead atoms. The van der Waals surface area contributed by atoms with Gasteiger partial charge in [0, 0.05) is 19.5 Å². The summed E-state index contributed by atoms with van der Waals surface area (Å²) in [5.74, 6) is -0.604. The van der Waals surface area contributed by atoms with Crippen LogP contribution in [0.25, 0.3) is 0 Å². The zero-order valence-corrected chi connectivity index (χ0v) is 15.5. The number of carbonyl (C=O) groups excluding carboxylic acids is 3. The van der Waals surface area contributed by atoms with Gasteiger partial charge in [0.15, 0.2) is 0 Å². The van der Waals surface area contributed by atoms with Gasteiger partial charge in [0.25, 0.3) is 0 Å². The van der Waals surface area contributed by atoms with Gasteiger partial charge in [0.05, 0.1) is 12.5 Å². The van der Waals surface area contributed by atoms with Crippen LogP contribution in [0.4, 0.5) is 0 Å². The molecule has 2 atom stereocenters. The Hall–Kier alpha value is -2.95. The maximum atomic E-state index is 13.3. The SMILES string of the molecule is C[C@H]1CN(Cc2ccccc2)C(=O)[C@H](Cc2ccccc2)N(CC=O)C1=O. The predicted octanol–water partition coefficient (Wildman–Crippen LogP) is 2.30. The normalized spacial score (nSPS) is 20.5. The molecule has 0 aliphatic carbocycles. The number of rotatable bonds is 6. The van der Waals surface area contributed by atoms with Crippen LogP contribution in [0, 0.1) is 5.92 Å². The van der Waals surface area contributed by atoms with E-state index in [9.17, 15) is 14.4 Å². The van der Waals surface area contributed by atoms with Crippen molar-refractivity contribution in [1.29, 1.82) is 0 Å². The molecule has 1 heterocycles. The van der Waals surface area contributed by atoms with E-state index in [1.807, 2.05) is 67.6 Å². The molecule has 0 radical (unpaired) electrons. The lowest BCUT2D eigenvalue weighted by molar-refractivity contribution is -0.143. The molecule has 2 amide bonds. The maximum absolute atomic E-state index is 13.3. The van der Waals surface area contributed by atoms with Crippen LogP contribution in [-0.4, -0.2) is 47.0 Å². The first-order valence-corrected chi connectivity index (χ1v) is 9.21. The molecule has 1 fully saturated rings. The van der Waals surface area contributed by atoms with Crippen molar-refractivity contribution >= 4 is 18.1 Å². The van der Waals surface area contributed by atoms with Crippen LogP contribution in [0.15, 0.2) is 60.7 Å². The first kappa shape index (κ1) is 18.8. The fourth-order valence-corrected chi connectivity index (χ4v) is 3.56. The third-order valence-corrected chi connectivity index (χ3v) is 4.93. The number of carbonyl (C=O) groups is 3. The van der Waals surface area contributed by atoms with Crippen LogP contribution in [0.2, 0.25) is 0 Å². The predicted molar refractivity (Wildman–Crippen MR) is 103 cm³/mol. The molecule has 3 rings (SSSR count). The average molecular weight is 364 g/mol. The largest absolute Gasteiger partial charge is 0.336 e. The monoisotopic (exact) mass is 364 g/mol. The number of nitrogens with zero attached hydrogens (tertiary/aromatic N) is 2. The summed E-state index contributed by atoms with van der Waals surface area (Å²) in [7, 11) is 0. The van der Waals surface area contributed by atoms with Crippen molar-refractivity contribution in [3.8, 4) is 0 Å². The van der Waals surface area contributed by atoms with E-state index >= 15 is 0 Å². The van der Waals surface area contributed by atoms with Crippen molar-refractivity contribution < 1.29 is 14.4 Å². The Morgan fingerprint density at radius 1 is 0.926 bits per heavy atom. The van der Waals surface area contributed by atoms with Gasteiger partial charge < -0.3 is 14.6 Å². The minimum atomic E-state index is -0.668. The molecule has 1 saturated heterocycles. The van der Waals surface area contributed by atoms with Gasteiger partial charge in [0.2, 0.25) is 11.8 Å². The number of aldehydes is 1. The second kappa shape index (κ2) is 8.62. The van der Waals surface area contributed by atoms with E-state index < -0.39 is 6.04 Å². The zero-order valence-electron chi connectivity index (χ0n) is 15.5. The maximum Gasteiger partial charge on any atom is 0.246 e. The molecular formula is C22H24N2O3. The molecule has 1 aliphatic heterocycles. The van der Waals surface area contributed by atoms with E-state index in [4.69, 9.17) is 0 Å². The first-order valence-electron chi connectivity index (χ1n) is 9.21. The van der Waals surface area contributed by atoms with Gasteiger partial charge in [-0.15, -0.1) is 0 Å². The fraction of sp³-hybridized carbons (Fsp3) is 0.318. The molecule has 0 spiro atoms. The molecular weight excluding hydrogens is 340 g/mol. The van der Waals surface area contributed by atoms with Gasteiger partial charge in [-0.05, 0) is 11.1 Å². The topological polar surface area (TPSA) is 57.7 Å². The van der Waals surface area contributed by atoms with Gasteiger partial charge in [-0.25, -0.2) is 0 Å². The van der Waals surface area contributed by atoms with Gasteiger partial charge in [-0.2, -0.15) is 0 Å². The highest BCUT2D eigenvalue weighted by Crippen LogP contribution is 2.21. The van der Waals surface area contributed by atoms with E-state index in [0.29, 0.717) is 25.8 Å². The highest BCUT2D eigenvalue weighted by atomic mass is 16.2. The number of amides is 2. The second-order valence-corrected chi connectivity index (χ2v) is 6.97. The summed E-state index contributed by atoms with van der Waals surface area (Å²) >= 11 is 0. The minimum Gasteiger partial charge on any atom is -0.336 e. The lowest BCUT2D eigenvalue weighted by Gasteiger charge is -2.30. The van der Waals surface area contributed by atoms with Crippen molar-refractivity contribution in [1.82, 2.24) is 9.80 Å². The standard InChI is InChI=1S/C22H24N2O3/c1-17-15-23(16-19-10-6-3-7-11-19)22(27)20(24(12-13-25)21(17)26)14-18-8-4-2-5-9-18/h2-11,13,17,20H,12,14-16H2,1H3/t17-,20-/m0/s1. The molecule has 2 aromatic rings. The lowest BCUT2D eigenvalue weighted by atomic mass is 10.0. The fourth-order valence-electron chi connectivity index (χ4n) is 3.56. The molecule has 0 saturated carbocycles. The number of hydrogen-bond acceptors (Lipinski definition) is 3. The van der Waals surface area contributed by atoms with E-state index in [-0.39, 0.29) is 24.3 Å². The van der Waals surface area contributed by atoms with E-state index in [0.717, 1.165) is 11.1 Å². The Bertz CT molecular complexity index is 792. The van der Waals surface area contributed by atoms with E-state index in [1.54, 1.807) is 4.90 Å². The molecule has 5 nitrogen and oxygen atoms in total. The Balaban J connectivity index is 1.92. The van der Waals surface area contributed by atoms with Gasteiger partial charge in [0.1, 0.15) is 12.3 Å². The lowest BCUT2D eigenvalue weighted by Crippen LogP contribution is -2.49. The highest BCUT2D eigenvalue weighted by molar-refractivity contribution is 5.92. The highest BCUT2D eigenvalue weighted by Gasteiger charge is 2.39. The van der Waals surface area contributed by atoms with Crippen molar-refractivity contribution in [2.45, 2.75) is 25.9 Å². The molecule has 2 aromatic carbocycles. The Morgan fingerprint density at radius 3 is 2.11 bits per heavy atom. The molecule has 140 valence electrons. The van der Waals surface area contributed by atoms with Crippen molar-refractivity contribution in [3.63, 3.8) is 0 Å². The smallest absolute Gasteiger partial charge is 0.246 e. The minimum absolute atomic E-state index is 0.0639. The van der Waals surface area contributed by atoms with Crippen molar-refractivity contribution in [2.24, 2.45) is 5.92 Å². The molecule has 0 aromatic heterocycles. The van der Waals surface area contributed by atoms with Crippen LogP contribution in [0.5, 0.6) is 0 Å². The first-order chi connectivity index (χ1) is 13.1. The average Bonchev–Trinajstić information content (AvgIpc) is 2.77. The summed E-state index contributed by atoms with van der Waals surface area (Å²) in [6.45, 7) is 2.56. The second-order valence-electron chi connectivity index (χ2n) is 6.97. The van der Waals surface area contributed by atoms with Crippen LogP contribution < -0.4 is 0 Å². The van der Waals surface area contributed by atoms with E-state index in [2.05, 4.69) is 0 Å². The summed E-state index contributed by atoms with van der Waals surface area (Å²) in [6.07, 6.45) is 1.10. The number of hydrogen-bond donors (Lipinski definition) is 0. The quantitative estimate of drug-likeness (QED) is 0.739. The third-order valence-electron chi connectivity index (χ3n) is 4.93. The molecule has 0 N–H and O–H groups in total. The molecule has 5 heteroatoms. The summed E-state index contributed by atoms with van der Waals surface area (Å²) in [5.41, 5.74) is 1.99. The molecule has 27 heavy (non-hydrogen) atoms. The van der Waals surface area contributed by atoms with Crippen LogP contribution in [-0.2, 0) is 27.3 Å². The van der Waals surface area contributed by atoms with Gasteiger partial charge in [-0.3, -0.25) is 9.59 Å². The van der Waals surface area contributed by atoms with Crippen molar-refractivity contribution in [3.05, 3.63) is 71.8 Å². The van der Waals surface area contributed by atoms with Crippen molar-refractivity contribution in [2.75, 3.05) is 13.1 Å². The Labute approximate surface area is 159 Å². The van der Waals surface area contributed by atoms with E-state index in [1.165, 1.54) is 4.90 Å². The summed E-state index contributed by atoms with van der Waals surface area (Å²) in [4.78, 5) is 40.6. The summed E-state index contributed by atoms with van der Waals surface area (Å²) < 4.78 is 0. The van der Waals surface area contributed by atoms with Crippen LogP contribution in [0.3, 0.4) is 0 Å². The van der Waals surface area contributed by atoms with Gasteiger partial charge >= 0.3 is 0 Å². The van der Waals surface area contributed by atoms with Crippen LogP contribution >= 0.6 is 0 Å². The molecule has 0 unspecified atom stereocenters. The Morgan fingerprint density at radius 2 is 1.52 bits per heavy atom.